The van der Waals surface area contributed by atoms with Gasteiger partial charge < -0.3 is 5.32 Å². The van der Waals surface area contributed by atoms with E-state index in [0.29, 0.717) is 11.6 Å². The van der Waals surface area contributed by atoms with Crippen LogP contribution >= 0.6 is 0 Å². The third-order valence-electron chi connectivity index (χ3n) is 3.16. The van der Waals surface area contributed by atoms with Crippen LogP contribution in [-0.2, 0) is 0 Å². The van der Waals surface area contributed by atoms with Crippen molar-refractivity contribution in [3.05, 3.63) is 40.1 Å². The van der Waals surface area contributed by atoms with Crippen molar-refractivity contribution in [2.24, 2.45) is 0 Å². The Morgan fingerprint density at radius 3 is 2.84 bits per heavy atom. The van der Waals surface area contributed by atoms with Gasteiger partial charge in [0.25, 0.3) is 5.69 Å². The van der Waals surface area contributed by atoms with E-state index in [2.05, 4.69) is 24.1 Å². The number of nitro groups is 1. The molecule has 0 fully saturated rings. The quantitative estimate of drug-likeness (QED) is 0.672. The summed E-state index contributed by atoms with van der Waals surface area (Å²) in [4.78, 5) is 15.0. The highest BCUT2D eigenvalue weighted by atomic mass is 16.6. The van der Waals surface area contributed by atoms with E-state index < -0.39 is 0 Å². The summed E-state index contributed by atoms with van der Waals surface area (Å²) < 4.78 is 0. The van der Waals surface area contributed by atoms with Crippen molar-refractivity contribution in [3.63, 3.8) is 0 Å². The summed E-state index contributed by atoms with van der Waals surface area (Å²) in [5, 5.41) is 15.2. The molecule has 5 heteroatoms. The first-order chi connectivity index (χ1) is 9.02. The van der Waals surface area contributed by atoms with Crippen LogP contribution in [0, 0.1) is 17.0 Å². The second-order valence-electron chi connectivity index (χ2n) is 4.70. The normalized spacial score (nSPS) is 12.4. The second kappa shape index (κ2) is 5.22. The average molecular weight is 259 g/mol. The number of nitrogens with one attached hydrogen (secondary N) is 1. The number of rotatable bonds is 4. The van der Waals surface area contributed by atoms with Crippen molar-refractivity contribution in [3.8, 4) is 0 Å². The molecule has 5 nitrogen and oxygen atoms in total. The number of para-hydroxylation sites is 1. The third kappa shape index (κ3) is 2.65. The van der Waals surface area contributed by atoms with E-state index in [9.17, 15) is 10.1 Å². The number of anilines is 1. The van der Waals surface area contributed by atoms with Crippen molar-refractivity contribution in [1.82, 2.24) is 4.98 Å². The number of hydrogen-bond donors (Lipinski definition) is 1. The van der Waals surface area contributed by atoms with Crippen molar-refractivity contribution in [1.29, 1.82) is 0 Å². The molecular formula is C14H17N3O2. The summed E-state index contributed by atoms with van der Waals surface area (Å²) in [6, 6.07) is 7.28. The number of nitrogens with zero attached hydrogens (tertiary/aromatic N) is 2. The Labute approximate surface area is 111 Å². The number of pyridine rings is 1. The molecule has 0 aliphatic heterocycles. The lowest BCUT2D eigenvalue weighted by Crippen LogP contribution is -2.14. The van der Waals surface area contributed by atoms with E-state index in [-0.39, 0.29) is 10.6 Å². The van der Waals surface area contributed by atoms with Gasteiger partial charge in [0.05, 0.1) is 4.92 Å². The largest absolute Gasteiger partial charge is 0.382 e. The van der Waals surface area contributed by atoms with Crippen molar-refractivity contribution >= 4 is 22.3 Å². The number of non-ortho nitro benzene ring substituents is 1. The highest BCUT2D eigenvalue weighted by Gasteiger charge is 2.16. The molecule has 0 spiro atoms. The van der Waals surface area contributed by atoms with Gasteiger partial charge in [-0.3, -0.25) is 10.1 Å². The maximum Gasteiger partial charge on any atom is 0.295 e. The molecule has 0 bridgehead atoms. The van der Waals surface area contributed by atoms with Gasteiger partial charge >= 0.3 is 0 Å². The minimum atomic E-state index is -0.387. The molecule has 19 heavy (non-hydrogen) atoms. The van der Waals surface area contributed by atoms with E-state index in [1.165, 1.54) is 6.07 Å². The van der Waals surface area contributed by atoms with Crippen LogP contribution in [0.15, 0.2) is 24.3 Å². The fraction of sp³-hybridized carbons (Fsp3) is 0.357. The van der Waals surface area contributed by atoms with Gasteiger partial charge in [0, 0.05) is 28.9 Å². The first-order valence-corrected chi connectivity index (χ1v) is 6.34. The smallest absolute Gasteiger partial charge is 0.295 e. The average Bonchev–Trinajstić information content (AvgIpc) is 2.37. The van der Waals surface area contributed by atoms with Gasteiger partial charge in [-0.05, 0) is 26.3 Å². The zero-order valence-corrected chi connectivity index (χ0v) is 11.3. The van der Waals surface area contributed by atoms with Crippen molar-refractivity contribution < 1.29 is 4.92 Å². The Hall–Kier alpha value is -2.17. The first-order valence-electron chi connectivity index (χ1n) is 6.34. The van der Waals surface area contributed by atoms with Crippen LogP contribution in [0.3, 0.4) is 0 Å². The molecule has 0 aliphatic rings. The van der Waals surface area contributed by atoms with E-state index in [1.54, 1.807) is 6.07 Å². The number of nitro benzene ring substituents is 1. The van der Waals surface area contributed by atoms with Crippen molar-refractivity contribution in [2.75, 3.05) is 5.32 Å². The van der Waals surface area contributed by atoms with Gasteiger partial charge in [-0.25, -0.2) is 4.98 Å². The highest BCUT2D eigenvalue weighted by Crippen LogP contribution is 2.30. The Morgan fingerprint density at radius 1 is 1.47 bits per heavy atom. The van der Waals surface area contributed by atoms with Crippen LogP contribution in [0.4, 0.5) is 11.4 Å². The van der Waals surface area contributed by atoms with Crippen LogP contribution < -0.4 is 5.32 Å². The lowest BCUT2D eigenvalue weighted by atomic mass is 10.1. The van der Waals surface area contributed by atoms with Gasteiger partial charge in [-0.1, -0.05) is 19.1 Å². The summed E-state index contributed by atoms with van der Waals surface area (Å²) in [6.45, 7) is 6.02. The molecule has 1 unspecified atom stereocenters. The molecule has 0 aliphatic carbocycles. The summed E-state index contributed by atoms with van der Waals surface area (Å²) in [7, 11) is 0. The molecule has 100 valence electrons. The SMILES string of the molecule is CCC(C)Nc1cc(C)nc2c([N+](=O)[O-])cccc12. The monoisotopic (exact) mass is 259 g/mol. The van der Waals surface area contributed by atoms with Crippen LogP contribution in [0.5, 0.6) is 0 Å². The summed E-state index contributed by atoms with van der Waals surface area (Å²) in [5.41, 5.74) is 2.17. The molecule has 2 aromatic rings. The standard InChI is InChI=1S/C14H17N3O2/c1-4-9(2)15-12-8-10(3)16-14-11(12)6-5-7-13(14)17(18)19/h5-9H,4H2,1-3H3,(H,15,16). The third-order valence-corrected chi connectivity index (χ3v) is 3.16. The predicted molar refractivity (Wildman–Crippen MR) is 76.5 cm³/mol. The Morgan fingerprint density at radius 2 is 2.21 bits per heavy atom. The fourth-order valence-electron chi connectivity index (χ4n) is 2.00. The first kappa shape index (κ1) is 13.3. The lowest BCUT2D eigenvalue weighted by Gasteiger charge is -2.15. The van der Waals surface area contributed by atoms with Crippen molar-refractivity contribution in [2.45, 2.75) is 33.2 Å². The van der Waals surface area contributed by atoms with Gasteiger partial charge in [-0.15, -0.1) is 0 Å². The molecular weight excluding hydrogens is 242 g/mol. The maximum atomic E-state index is 11.1. The van der Waals surface area contributed by atoms with Gasteiger partial charge in [-0.2, -0.15) is 0 Å². The highest BCUT2D eigenvalue weighted by molar-refractivity contribution is 5.96. The summed E-state index contributed by atoms with van der Waals surface area (Å²) >= 11 is 0. The van der Waals surface area contributed by atoms with E-state index >= 15 is 0 Å². The zero-order valence-electron chi connectivity index (χ0n) is 11.3. The Kier molecular flexibility index (Phi) is 3.64. The summed E-state index contributed by atoms with van der Waals surface area (Å²) in [5.74, 6) is 0. The molecule has 0 saturated heterocycles. The number of aromatic nitrogens is 1. The molecule has 0 amide bonds. The maximum absolute atomic E-state index is 11.1. The summed E-state index contributed by atoms with van der Waals surface area (Å²) in [6.07, 6.45) is 0.984. The molecule has 1 aromatic carbocycles. The van der Waals surface area contributed by atoms with Crippen LogP contribution in [0.25, 0.3) is 10.9 Å². The molecule has 1 N–H and O–H groups in total. The minimum absolute atomic E-state index is 0.0494. The van der Waals surface area contributed by atoms with Gasteiger partial charge in [0.15, 0.2) is 5.52 Å². The Balaban J connectivity index is 2.65. The van der Waals surface area contributed by atoms with E-state index in [1.807, 2.05) is 19.1 Å². The van der Waals surface area contributed by atoms with Gasteiger partial charge in [0.1, 0.15) is 0 Å². The van der Waals surface area contributed by atoms with Crippen LogP contribution in [0.2, 0.25) is 0 Å². The molecule has 0 radical (unpaired) electrons. The predicted octanol–water partition coefficient (Wildman–Crippen LogP) is 3.66. The van der Waals surface area contributed by atoms with Gasteiger partial charge in [0.2, 0.25) is 0 Å². The van der Waals surface area contributed by atoms with E-state index in [0.717, 1.165) is 23.2 Å². The second-order valence-corrected chi connectivity index (χ2v) is 4.70. The van der Waals surface area contributed by atoms with Crippen LogP contribution in [-0.4, -0.2) is 15.9 Å². The van der Waals surface area contributed by atoms with Crippen LogP contribution in [0.1, 0.15) is 26.0 Å². The molecule has 1 aromatic heterocycles. The Bertz CT molecular complexity index is 625. The molecule has 1 heterocycles. The molecule has 0 saturated carbocycles. The zero-order chi connectivity index (χ0) is 14.0. The van der Waals surface area contributed by atoms with E-state index in [4.69, 9.17) is 0 Å². The number of fused-ring (bicyclic) bond motifs is 1. The number of benzene rings is 1. The number of hydrogen-bond acceptors (Lipinski definition) is 4. The minimum Gasteiger partial charge on any atom is -0.382 e. The molecule has 2 rings (SSSR count). The fourth-order valence-corrected chi connectivity index (χ4v) is 2.00. The molecule has 1 atom stereocenters. The topological polar surface area (TPSA) is 68.1 Å². The lowest BCUT2D eigenvalue weighted by molar-refractivity contribution is -0.383. The number of aryl methyl sites for hydroxylation is 1.